The van der Waals surface area contributed by atoms with E-state index in [1.54, 1.807) is 5.38 Å². The van der Waals surface area contributed by atoms with Crippen molar-refractivity contribution in [1.82, 2.24) is 10.3 Å². The van der Waals surface area contributed by atoms with Crippen LogP contribution >= 0.6 is 11.3 Å². The van der Waals surface area contributed by atoms with Crippen LogP contribution < -0.4 is 16.4 Å². The molecule has 1 heterocycles. The minimum absolute atomic E-state index is 0.0864. The molecule has 1 aliphatic rings. The van der Waals surface area contributed by atoms with E-state index in [-0.39, 0.29) is 23.8 Å². The summed E-state index contributed by atoms with van der Waals surface area (Å²) in [5.41, 5.74) is 7.64. The fraction of sp³-hybridized carbons (Fsp3) is 0.353. The summed E-state index contributed by atoms with van der Waals surface area (Å²) in [5.74, 6) is 0.0484. The predicted molar refractivity (Wildman–Crippen MR) is 93.7 cm³/mol. The third kappa shape index (κ3) is 3.98. The number of anilines is 1. The van der Waals surface area contributed by atoms with E-state index in [4.69, 9.17) is 5.73 Å². The smallest absolute Gasteiger partial charge is 0.271 e. The zero-order valence-electron chi connectivity index (χ0n) is 13.4. The Balaban J connectivity index is 1.58. The molecule has 6 nitrogen and oxygen atoms in total. The molecule has 1 unspecified atom stereocenters. The van der Waals surface area contributed by atoms with Crippen molar-refractivity contribution in [1.29, 1.82) is 0 Å². The molecule has 0 bridgehead atoms. The Bertz CT molecular complexity index is 737. The largest absolute Gasteiger partial charge is 0.344 e. The fourth-order valence-corrected chi connectivity index (χ4v) is 2.96. The predicted octanol–water partition coefficient (Wildman–Crippen LogP) is 2.44. The molecular weight excluding hydrogens is 324 g/mol. The highest BCUT2D eigenvalue weighted by Crippen LogP contribution is 2.30. The molecule has 1 fully saturated rings. The van der Waals surface area contributed by atoms with Gasteiger partial charge < -0.3 is 16.4 Å². The second-order valence-corrected chi connectivity index (χ2v) is 6.85. The lowest BCUT2D eigenvalue weighted by molar-refractivity contribution is -0.117. The Labute approximate surface area is 144 Å². The molecule has 24 heavy (non-hydrogen) atoms. The summed E-state index contributed by atoms with van der Waals surface area (Å²) in [7, 11) is 0. The van der Waals surface area contributed by atoms with Crippen LogP contribution in [0.5, 0.6) is 0 Å². The highest BCUT2D eigenvalue weighted by molar-refractivity contribution is 7.09. The molecule has 1 aromatic carbocycles. The monoisotopic (exact) mass is 344 g/mol. The topological polar surface area (TPSA) is 97.1 Å². The highest BCUT2D eigenvalue weighted by Gasteiger charge is 2.29. The summed E-state index contributed by atoms with van der Waals surface area (Å²) in [6.45, 7) is 2.24. The van der Waals surface area contributed by atoms with Gasteiger partial charge in [0.05, 0.1) is 6.04 Å². The zero-order valence-corrected chi connectivity index (χ0v) is 14.2. The van der Waals surface area contributed by atoms with Crippen LogP contribution in [-0.4, -0.2) is 16.8 Å². The third-order valence-corrected chi connectivity index (χ3v) is 4.80. The number of aromatic nitrogens is 1. The van der Waals surface area contributed by atoms with E-state index in [0.29, 0.717) is 12.2 Å². The van der Waals surface area contributed by atoms with Gasteiger partial charge in [0.2, 0.25) is 5.91 Å². The van der Waals surface area contributed by atoms with E-state index in [0.717, 1.165) is 29.1 Å². The molecule has 0 saturated heterocycles. The fourth-order valence-electron chi connectivity index (χ4n) is 2.31. The third-order valence-electron chi connectivity index (χ3n) is 3.93. The minimum Gasteiger partial charge on any atom is -0.344 e. The van der Waals surface area contributed by atoms with Crippen molar-refractivity contribution in [3.8, 4) is 0 Å². The van der Waals surface area contributed by atoms with Gasteiger partial charge in [0.15, 0.2) is 0 Å². The van der Waals surface area contributed by atoms with Gasteiger partial charge in [0.1, 0.15) is 10.7 Å². The second-order valence-electron chi connectivity index (χ2n) is 5.91. The molecule has 2 amide bonds. The summed E-state index contributed by atoms with van der Waals surface area (Å²) < 4.78 is 0. The average Bonchev–Trinajstić information content (AvgIpc) is 3.32. The zero-order chi connectivity index (χ0) is 17.1. The number of nitrogens with two attached hydrogens (primary N) is 1. The highest BCUT2D eigenvalue weighted by atomic mass is 32.1. The van der Waals surface area contributed by atoms with Crippen molar-refractivity contribution in [2.45, 2.75) is 32.4 Å². The standard InChI is InChI=1S/C17H20N4O2S/c1-10(19-17(23)14-9-24-15(8-18)21-14)11-4-6-13(7-5-11)20-16(22)12-2-3-12/h4-7,9-10,12H,2-3,8,18H2,1H3,(H,19,23)(H,20,22). The summed E-state index contributed by atoms with van der Waals surface area (Å²) in [4.78, 5) is 28.1. The number of nitrogens with one attached hydrogen (secondary N) is 2. The number of amides is 2. The SMILES string of the molecule is CC(NC(=O)c1csc(CN)n1)c1ccc(NC(=O)C2CC2)cc1. The Kier molecular flexibility index (Phi) is 4.92. The van der Waals surface area contributed by atoms with Crippen molar-refractivity contribution in [3.63, 3.8) is 0 Å². The molecule has 1 aliphatic carbocycles. The van der Waals surface area contributed by atoms with Gasteiger partial charge in [-0.2, -0.15) is 0 Å². The molecule has 0 aliphatic heterocycles. The van der Waals surface area contributed by atoms with Crippen molar-refractivity contribution < 1.29 is 9.59 Å². The van der Waals surface area contributed by atoms with Crippen LogP contribution in [0.1, 0.15) is 46.9 Å². The summed E-state index contributed by atoms with van der Waals surface area (Å²) in [6.07, 6.45) is 1.96. The van der Waals surface area contributed by atoms with Gasteiger partial charge in [-0.1, -0.05) is 12.1 Å². The maximum Gasteiger partial charge on any atom is 0.271 e. The number of hydrogen-bond donors (Lipinski definition) is 3. The quantitative estimate of drug-likeness (QED) is 0.750. The van der Waals surface area contributed by atoms with E-state index < -0.39 is 0 Å². The van der Waals surface area contributed by atoms with Crippen LogP contribution in [-0.2, 0) is 11.3 Å². The summed E-state index contributed by atoms with van der Waals surface area (Å²) >= 11 is 1.38. The number of nitrogens with zero attached hydrogens (tertiary/aromatic N) is 1. The first-order valence-electron chi connectivity index (χ1n) is 7.93. The number of carbonyl (C=O) groups excluding carboxylic acids is 2. The number of benzene rings is 1. The molecule has 0 radical (unpaired) electrons. The first kappa shape index (κ1) is 16.6. The first-order valence-corrected chi connectivity index (χ1v) is 8.81. The normalized spacial score (nSPS) is 14.9. The second kappa shape index (κ2) is 7.11. The number of carbonyl (C=O) groups is 2. The van der Waals surface area contributed by atoms with E-state index >= 15 is 0 Å². The first-order chi connectivity index (χ1) is 11.6. The van der Waals surface area contributed by atoms with Crippen molar-refractivity contribution in [2.24, 2.45) is 11.7 Å². The van der Waals surface area contributed by atoms with Crippen LogP contribution in [0.25, 0.3) is 0 Å². The van der Waals surface area contributed by atoms with Crippen LogP contribution in [0.15, 0.2) is 29.6 Å². The minimum atomic E-state index is -0.218. The maximum atomic E-state index is 12.2. The van der Waals surface area contributed by atoms with Gasteiger partial charge in [-0.05, 0) is 37.5 Å². The number of hydrogen-bond acceptors (Lipinski definition) is 5. The van der Waals surface area contributed by atoms with E-state index in [1.807, 2.05) is 31.2 Å². The van der Waals surface area contributed by atoms with Gasteiger partial charge in [-0.15, -0.1) is 11.3 Å². The molecule has 1 atom stereocenters. The van der Waals surface area contributed by atoms with E-state index in [2.05, 4.69) is 15.6 Å². The van der Waals surface area contributed by atoms with Gasteiger partial charge in [-0.25, -0.2) is 4.98 Å². The lowest BCUT2D eigenvalue weighted by atomic mass is 10.1. The Morgan fingerprint density at radius 3 is 2.62 bits per heavy atom. The van der Waals surface area contributed by atoms with Gasteiger partial charge in [0.25, 0.3) is 5.91 Å². The summed E-state index contributed by atoms with van der Waals surface area (Å²) in [5, 5.41) is 8.26. The Morgan fingerprint density at radius 2 is 2.04 bits per heavy atom. The molecule has 2 aromatic rings. The van der Waals surface area contributed by atoms with Gasteiger partial charge >= 0.3 is 0 Å². The van der Waals surface area contributed by atoms with Crippen molar-refractivity contribution in [2.75, 3.05) is 5.32 Å². The van der Waals surface area contributed by atoms with Crippen LogP contribution in [0.3, 0.4) is 0 Å². The van der Waals surface area contributed by atoms with Crippen LogP contribution in [0.2, 0.25) is 0 Å². The molecule has 1 aromatic heterocycles. The Morgan fingerprint density at radius 1 is 1.33 bits per heavy atom. The van der Waals surface area contributed by atoms with E-state index in [9.17, 15) is 9.59 Å². The molecule has 126 valence electrons. The Hall–Kier alpha value is -2.25. The molecule has 3 rings (SSSR count). The average molecular weight is 344 g/mol. The molecule has 7 heteroatoms. The number of thiazole rings is 1. The van der Waals surface area contributed by atoms with Crippen LogP contribution in [0, 0.1) is 5.92 Å². The van der Waals surface area contributed by atoms with Crippen molar-refractivity contribution >= 4 is 28.8 Å². The maximum absolute atomic E-state index is 12.2. The van der Waals surface area contributed by atoms with Crippen LogP contribution in [0.4, 0.5) is 5.69 Å². The lowest BCUT2D eigenvalue weighted by Gasteiger charge is -2.14. The van der Waals surface area contributed by atoms with E-state index in [1.165, 1.54) is 11.3 Å². The molecule has 1 saturated carbocycles. The number of rotatable bonds is 6. The van der Waals surface area contributed by atoms with Gasteiger partial charge in [-0.3, -0.25) is 9.59 Å². The summed E-state index contributed by atoms with van der Waals surface area (Å²) in [6, 6.07) is 7.36. The lowest BCUT2D eigenvalue weighted by Crippen LogP contribution is -2.27. The van der Waals surface area contributed by atoms with Gasteiger partial charge in [0, 0.05) is 23.5 Å². The molecule has 0 spiro atoms. The van der Waals surface area contributed by atoms with Crippen molar-refractivity contribution in [3.05, 3.63) is 45.9 Å². The molecular formula is C17H20N4O2S. The molecule has 4 N–H and O–H groups in total.